The monoisotopic (exact) mass is 153 g/mol. The lowest BCUT2D eigenvalue weighted by atomic mass is 10.2. The molecule has 1 fully saturated rings. The van der Waals surface area contributed by atoms with E-state index in [1.165, 1.54) is 0 Å². The number of alkyl halides is 3. The maximum atomic E-state index is 11.8. The third-order valence-corrected chi connectivity index (χ3v) is 1.27. The van der Waals surface area contributed by atoms with Crippen LogP contribution in [0.5, 0.6) is 0 Å². The van der Waals surface area contributed by atoms with Gasteiger partial charge in [-0.1, -0.05) is 0 Å². The lowest BCUT2D eigenvalue weighted by molar-refractivity contribution is -0.150. The van der Waals surface area contributed by atoms with Crippen molar-refractivity contribution in [2.24, 2.45) is 0 Å². The Balaban J connectivity index is 2.39. The number of nitrogens with one attached hydrogen (secondary N) is 2. The number of halogens is 3. The highest BCUT2D eigenvalue weighted by Gasteiger charge is 2.40. The molecule has 5 heteroatoms. The maximum absolute atomic E-state index is 11.8. The zero-order chi connectivity index (χ0) is 7.61. The van der Waals surface area contributed by atoms with Crippen molar-refractivity contribution in [3.63, 3.8) is 0 Å². The van der Waals surface area contributed by atoms with Crippen LogP contribution in [0.3, 0.4) is 0 Å². The Kier molecular flexibility index (Phi) is 2.15. The minimum Gasteiger partial charge on any atom is -0.309 e. The number of piperazine rings is 1. The molecule has 1 aliphatic rings. The van der Waals surface area contributed by atoms with Crippen LogP contribution in [-0.4, -0.2) is 25.3 Å². The summed E-state index contributed by atoms with van der Waals surface area (Å²) in [5.41, 5.74) is 0. The Morgan fingerprint density at radius 1 is 1.30 bits per heavy atom. The van der Waals surface area contributed by atoms with Crippen molar-refractivity contribution >= 4 is 0 Å². The Bertz CT molecular complexity index is 106. The van der Waals surface area contributed by atoms with Crippen LogP contribution in [0.25, 0.3) is 0 Å². The third kappa shape index (κ3) is 1.85. The summed E-state index contributed by atoms with van der Waals surface area (Å²) in [6, 6.07) is -1.48. The van der Waals surface area contributed by atoms with Gasteiger partial charge in [0, 0.05) is 19.6 Å². The summed E-state index contributed by atoms with van der Waals surface area (Å²) in [7, 11) is 0. The van der Waals surface area contributed by atoms with E-state index in [0.29, 0.717) is 13.1 Å². The van der Waals surface area contributed by atoms with Crippen molar-refractivity contribution in [1.29, 1.82) is 0 Å². The quantitative estimate of drug-likeness (QED) is 0.522. The van der Waals surface area contributed by atoms with E-state index in [2.05, 4.69) is 10.6 Å². The minimum absolute atomic E-state index is 0.362. The van der Waals surface area contributed by atoms with Crippen molar-refractivity contribution in [2.45, 2.75) is 12.2 Å². The topological polar surface area (TPSA) is 24.1 Å². The fourth-order valence-corrected chi connectivity index (χ4v) is 0.770. The van der Waals surface area contributed by atoms with Gasteiger partial charge < -0.3 is 10.6 Å². The molecule has 10 heavy (non-hydrogen) atoms. The van der Waals surface area contributed by atoms with E-state index in [0.717, 1.165) is 6.54 Å². The summed E-state index contributed by atoms with van der Waals surface area (Å²) in [4.78, 5) is 0. The lowest BCUT2D eigenvalue weighted by Gasteiger charge is -2.25. The summed E-state index contributed by atoms with van der Waals surface area (Å²) >= 11 is 0. The molecule has 2 nitrogen and oxygen atoms in total. The second kappa shape index (κ2) is 2.75. The molecule has 0 aliphatic carbocycles. The fourth-order valence-electron chi connectivity index (χ4n) is 0.770. The van der Waals surface area contributed by atoms with Gasteiger partial charge in [0.2, 0.25) is 0 Å². The van der Waals surface area contributed by atoms with Gasteiger partial charge >= 0.3 is 6.18 Å². The fraction of sp³-hybridized carbons (Fsp3) is 0.800. The van der Waals surface area contributed by atoms with Gasteiger partial charge in [0.25, 0.3) is 0 Å². The first-order valence-electron chi connectivity index (χ1n) is 2.97. The SMILES string of the molecule is FC(F)(F)C1[CH]NCCN1. The van der Waals surface area contributed by atoms with E-state index in [1.807, 2.05) is 0 Å². The van der Waals surface area contributed by atoms with Crippen LogP contribution in [0, 0.1) is 6.54 Å². The maximum Gasteiger partial charge on any atom is 0.405 e. The standard InChI is InChI=1S/C5H8F3N2/c6-5(7,8)4-3-9-1-2-10-4/h3-4,9-10H,1-2H2. The number of hydrogen-bond donors (Lipinski definition) is 2. The largest absolute Gasteiger partial charge is 0.405 e. The zero-order valence-corrected chi connectivity index (χ0v) is 5.20. The van der Waals surface area contributed by atoms with Crippen LogP contribution in [0.1, 0.15) is 0 Å². The molecule has 1 atom stereocenters. The van der Waals surface area contributed by atoms with E-state index in [-0.39, 0.29) is 0 Å². The molecule has 1 unspecified atom stereocenters. The molecule has 0 amide bonds. The van der Waals surface area contributed by atoms with Crippen LogP contribution in [-0.2, 0) is 0 Å². The average molecular weight is 153 g/mol. The molecule has 0 aromatic heterocycles. The Labute approximate surface area is 56.8 Å². The van der Waals surface area contributed by atoms with E-state index in [4.69, 9.17) is 0 Å². The zero-order valence-electron chi connectivity index (χ0n) is 5.20. The second-order valence-electron chi connectivity index (χ2n) is 2.09. The minimum atomic E-state index is -4.16. The molecular formula is C5H8F3N2. The normalized spacial score (nSPS) is 28.5. The molecule has 0 spiro atoms. The summed E-state index contributed by atoms with van der Waals surface area (Å²) in [6.45, 7) is 1.96. The number of hydrogen-bond acceptors (Lipinski definition) is 2. The van der Waals surface area contributed by atoms with Gasteiger partial charge in [0.05, 0.1) is 0 Å². The van der Waals surface area contributed by atoms with E-state index in [1.54, 1.807) is 0 Å². The summed E-state index contributed by atoms with van der Waals surface area (Å²) < 4.78 is 35.4. The van der Waals surface area contributed by atoms with Crippen LogP contribution in [0.4, 0.5) is 13.2 Å². The third-order valence-electron chi connectivity index (χ3n) is 1.27. The molecule has 0 aromatic rings. The van der Waals surface area contributed by atoms with Gasteiger partial charge in [-0.3, -0.25) is 0 Å². The first kappa shape index (κ1) is 7.81. The molecule has 59 valence electrons. The lowest BCUT2D eigenvalue weighted by Crippen LogP contribution is -2.52. The molecular weight excluding hydrogens is 145 g/mol. The smallest absolute Gasteiger partial charge is 0.309 e. The predicted molar refractivity (Wildman–Crippen MR) is 30.1 cm³/mol. The molecule has 1 aliphatic heterocycles. The van der Waals surface area contributed by atoms with E-state index >= 15 is 0 Å². The van der Waals surface area contributed by atoms with Crippen molar-refractivity contribution in [3.8, 4) is 0 Å². The molecule has 1 saturated heterocycles. The first-order chi connectivity index (χ1) is 4.61. The van der Waals surface area contributed by atoms with Crippen molar-refractivity contribution < 1.29 is 13.2 Å². The Hall–Kier alpha value is -0.290. The molecule has 1 rings (SSSR count). The highest BCUT2D eigenvalue weighted by atomic mass is 19.4. The highest BCUT2D eigenvalue weighted by Crippen LogP contribution is 2.21. The molecule has 0 bridgehead atoms. The molecule has 0 saturated carbocycles. The van der Waals surface area contributed by atoms with Gasteiger partial charge in [0.1, 0.15) is 6.04 Å². The van der Waals surface area contributed by atoms with E-state index in [9.17, 15) is 13.2 Å². The van der Waals surface area contributed by atoms with Crippen LogP contribution >= 0.6 is 0 Å². The van der Waals surface area contributed by atoms with Gasteiger partial charge in [-0.15, -0.1) is 0 Å². The van der Waals surface area contributed by atoms with Gasteiger partial charge in [-0.25, -0.2) is 0 Å². The van der Waals surface area contributed by atoms with Gasteiger partial charge in [-0.05, 0) is 0 Å². The highest BCUT2D eigenvalue weighted by molar-refractivity contribution is 4.90. The average Bonchev–Trinajstić information content (AvgIpc) is 1.88. The van der Waals surface area contributed by atoms with Crippen LogP contribution in [0.2, 0.25) is 0 Å². The summed E-state index contributed by atoms with van der Waals surface area (Å²) in [5, 5.41) is 4.85. The van der Waals surface area contributed by atoms with Crippen LogP contribution in [0.15, 0.2) is 0 Å². The summed E-state index contributed by atoms with van der Waals surface area (Å²) in [5.74, 6) is 0. The van der Waals surface area contributed by atoms with Gasteiger partial charge in [0.15, 0.2) is 0 Å². The molecule has 0 aromatic carbocycles. The Morgan fingerprint density at radius 3 is 2.30 bits per heavy atom. The van der Waals surface area contributed by atoms with Crippen molar-refractivity contribution in [3.05, 3.63) is 6.54 Å². The van der Waals surface area contributed by atoms with Crippen LogP contribution < -0.4 is 10.6 Å². The first-order valence-corrected chi connectivity index (χ1v) is 2.97. The Morgan fingerprint density at radius 2 is 2.00 bits per heavy atom. The predicted octanol–water partition coefficient (Wildman–Crippen LogP) is 0.272. The van der Waals surface area contributed by atoms with Crippen molar-refractivity contribution in [2.75, 3.05) is 13.1 Å². The molecule has 1 radical (unpaired) electrons. The molecule has 1 heterocycles. The summed E-state index contributed by atoms with van der Waals surface area (Å²) in [6.07, 6.45) is -4.16. The number of rotatable bonds is 0. The second-order valence-corrected chi connectivity index (χ2v) is 2.09. The van der Waals surface area contributed by atoms with Gasteiger partial charge in [-0.2, -0.15) is 13.2 Å². The van der Waals surface area contributed by atoms with Crippen molar-refractivity contribution in [1.82, 2.24) is 10.6 Å². The molecule has 2 N–H and O–H groups in total. The van der Waals surface area contributed by atoms with E-state index < -0.39 is 12.2 Å².